The maximum absolute atomic E-state index is 14.9. The molecule has 38 heavy (non-hydrogen) atoms. The minimum atomic E-state index is -0.964. The monoisotopic (exact) mass is 518 g/mol. The smallest absolute Gasteiger partial charge is 0.276 e. The maximum Gasteiger partial charge on any atom is 0.276 e. The van der Waals surface area contributed by atoms with Crippen LogP contribution in [-0.4, -0.2) is 37.8 Å². The highest BCUT2D eigenvalue weighted by Gasteiger charge is 2.22. The highest BCUT2D eigenvalue weighted by Crippen LogP contribution is 2.30. The zero-order valence-corrected chi connectivity index (χ0v) is 20.7. The van der Waals surface area contributed by atoms with Crippen LogP contribution in [-0.2, 0) is 0 Å². The van der Waals surface area contributed by atoms with Crippen molar-refractivity contribution in [2.75, 3.05) is 16.8 Å². The molecule has 0 saturated carbocycles. The molecule has 6 N–H and O–H groups in total. The maximum atomic E-state index is 14.9. The van der Waals surface area contributed by atoms with E-state index in [1.54, 1.807) is 32.9 Å². The fourth-order valence-electron chi connectivity index (χ4n) is 3.70. The summed E-state index contributed by atoms with van der Waals surface area (Å²) in [6, 6.07) is 7.46. The second-order valence-electron chi connectivity index (χ2n) is 8.71. The van der Waals surface area contributed by atoms with Gasteiger partial charge in [0.2, 0.25) is 5.95 Å². The number of carbonyl (C=O) groups excluding carboxylic acids is 2. The number of nitrogens with zero attached hydrogens (tertiary/aromatic N) is 4. The number of pyridine rings is 2. The van der Waals surface area contributed by atoms with Crippen LogP contribution in [0.2, 0.25) is 0 Å². The fraction of sp³-hybridized carbons (Fsp3) is 0.154. The van der Waals surface area contributed by atoms with Gasteiger partial charge in [-0.25, -0.2) is 23.7 Å². The van der Waals surface area contributed by atoms with Gasteiger partial charge in [-0.05, 0) is 51.1 Å². The van der Waals surface area contributed by atoms with E-state index in [2.05, 4.69) is 30.6 Å². The number of hydrogen-bond donors (Lipinski definition) is 4. The highest BCUT2D eigenvalue weighted by molar-refractivity contribution is 6.08. The van der Waals surface area contributed by atoms with E-state index in [0.717, 1.165) is 18.2 Å². The molecule has 0 spiro atoms. The Morgan fingerprint density at radius 3 is 2.39 bits per heavy atom. The van der Waals surface area contributed by atoms with Crippen LogP contribution < -0.4 is 22.1 Å². The van der Waals surface area contributed by atoms with Gasteiger partial charge in [0.05, 0.1) is 23.3 Å². The lowest BCUT2D eigenvalue weighted by molar-refractivity contribution is 0.0942. The van der Waals surface area contributed by atoms with Crippen molar-refractivity contribution in [3.05, 3.63) is 77.4 Å². The van der Waals surface area contributed by atoms with E-state index in [1.807, 2.05) is 0 Å². The Hall–Kier alpha value is -5.00. The summed E-state index contributed by atoms with van der Waals surface area (Å²) in [5.74, 6) is -3.02. The van der Waals surface area contributed by atoms with Crippen LogP contribution >= 0.6 is 0 Å². The van der Waals surface area contributed by atoms with Crippen LogP contribution in [0, 0.1) is 18.6 Å². The molecule has 0 aliphatic heterocycles. The van der Waals surface area contributed by atoms with E-state index >= 15 is 0 Å². The van der Waals surface area contributed by atoms with E-state index in [-0.39, 0.29) is 40.2 Å². The third kappa shape index (κ3) is 5.53. The molecule has 3 aromatic heterocycles. The molecule has 0 unspecified atom stereocenters. The fourth-order valence-corrected chi connectivity index (χ4v) is 3.70. The molecular weight excluding hydrogens is 494 g/mol. The summed E-state index contributed by atoms with van der Waals surface area (Å²) < 4.78 is 29.7. The Morgan fingerprint density at radius 1 is 0.921 bits per heavy atom. The molecule has 10 nitrogen and oxygen atoms in total. The van der Waals surface area contributed by atoms with Crippen LogP contribution in [0.1, 0.15) is 40.4 Å². The molecule has 0 saturated heterocycles. The summed E-state index contributed by atoms with van der Waals surface area (Å²) in [5.41, 5.74) is 12.1. The van der Waals surface area contributed by atoms with E-state index in [9.17, 15) is 18.4 Å². The number of halogens is 2. The molecule has 0 aliphatic carbocycles. The molecule has 4 aromatic rings. The van der Waals surface area contributed by atoms with E-state index in [4.69, 9.17) is 11.5 Å². The van der Waals surface area contributed by atoms with E-state index in [0.29, 0.717) is 17.0 Å². The molecule has 194 valence electrons. The van der Waals surface area contributed by atoms with Crippen molar-refractivity contribution in [3.63, 3.8) is 0 Å². The van der Waals surface area contributed by atoms with Gasteiger partial charge in [-0.3, -0.25) is 14.6 Å². The molecule has 4 rings (SSSR count). The molecule has 0 aliphatic rings. The minimum absolute atomic E-state index is 0.0505. The Labute approximate surface area is 216 Å². The number of benzene rings is 1. The molecule has 0 fully saturated rings. The van der Waals surface area contributed by atoms with Gasteiger partial charge in [-0.15, -0.1) is 0 Å². The van der Waals surface area contributed by atoms with Crippen LogP contribution in [0.25, 0.3) is 22.5 Å². The predicted octanol–water partition coefficient (Wildman–Crippen LogP) is 3.74. The quantitative estimate of drug-likeness (QED) is 0.300. The highest BCUT2D eigenvalue weighted by atomic mass is 19.1. The standard InChI is InChI=1S/C26H24F2N8O2/c1-12(2)32-24(37)14-4-5-17(27)16(9-14)22-18(28)10-19(29)23(36-22)25(38)34-21-11-31-7-6-15(21)20-8-13(3)33-26(30)35-20/h4-12H,29H2,1-3H3,(H,32,37)(H,34,38)(H2,30,33,35). The zero-order chi connectivity index (χ0) is 27.6. The summed E-state index contributed by atoms with van der Waals surface area (Å²) in [7, 11) is 0. The number of nitrogens with one attached hydrogen (secondary N) is 2. The third-order valence-corrected chi connectivity index (χ3v) is 5.34. The molecule has 1 aromatic carbocycles. The number of anilines is 3. The minimum Gasteiger partial charge on any atom is -0.397 e. The first-order valence-electron chi connectivity index (χ1n) is 11.5. The predicted molar refractivity (Wildman–Crippen MR) is 139 cm³/mol. The van der Waals surface area contributed by atoms with Crippen molar-refractivity contribution < 1.29 is 18.4 Å². The van der Waals surface area contributed by atoms with Gasteiger partial charge >= 0.3 is 0 Å². The first kappa shape index (κ1) is 26.1. The van der Waals surface area contributed by atoms with Crippen molar-refractivity contribution in [2.24, 2.45) is 0 Å². The van der Waals surface area contributed by atoms with Gasteiger partial charge in [0.1, 0.15) is 11.5 Å². The number of aryl methyl sites for hydroxylation is 1. The van der Waals surface area contributed by atoms with E-state index in [1.165, 1.54) is 18.5 Å². The Morgan fingerprint density at radius 2 is 1.68 bits per heavy atom. The Kier molecular flexibility index (Phi) is 7.24. The van der Waals surface area contributed by atoms with Crippen LogP contribution in [0.3, 0.4) is 0 Å². The van der Waals surface area contributed by atoms with Gasteiger partial charge in [0.15, 0.2) is 11.5 Å². The van der Waals surface area contributed by atoms with Crippen LogP contribution in [0.4, 0.5) is 26.1 Å². The van der Waals surface area contributed by atoms with Crippen LogP contribution in [0.5, 0.6) is 0 Å². The molecule has 0 bridgehead atoms. The lowest BCUT2D eigenvalue weighted by atomic mass is 10.0. The lowest BCUT2D eigenvalue weighted by Gasteiger charge is -2.14. The topological polar surface area (TPSA) is 162 Å². The summed E-state index contributed by atoms with van der Waals surface area (Å²) in [5, 5.41) is 5.32. The number of rotatable bonds is 6. The number of amides is 2. The van der Waals surface area contributed by atoms with Crippen molar-refractivity contribution in [1.29, 1.82) is 0 Å². The normalized spacial score (nSPS) is 10.9. The first-order valence-corrected chi connectivity index (χ1v) is 11.5. The summed E-state index contributed by atoms with van der Waals surface area (Å²) in [6.07, 6.45) is 2.89. The molecule has 0 atom stereocenters. The summed E-state index contributed by atoms with van der Waals surface area (Å²) in [4.78, 5) is 41.9. The molecule has 0 radical (unpaired) electrons. The Bertz CT molecular complexity index is 1540. The number of carbonyl (C=O) groups is 2. The van der Waals surface area contributed by atoms with Crippen molar-refractivity contribution in [3.8, 4) is 22.5 Å². The second-order valence-corrected chi connectivity index (χ2v) is 8.71. The largest absolute Gasteiger partial charge is 0.397 e. The zero-order valence-electron chi connectivity index (χ0n) is 20.7. The number of hydrogen-bond acceptors (Lipinski definition) is 8. The summed E-state index contributed by atoms with van der Waals surface area (Å²) >= 11 is 0. The lowest BCUT2D eigenvalue weighted by Crippen LogP contribution is -2.30. The average Bonchev–Trinajstić information content (AvgIpc) is 2.84. The van der Waals surface area contributed by atoms with Gasteiger partial charge in [-0.1, -0.05) is 0 Å². The number of nitrogen functional groups attached to an aromatic ring is 2. The molecule has 3 heterocycles. The van der Waals surface area contributed by atoms with Crippen molar-refractivity contribution in [1.82, 2.24) is 25.3 Å². The molecular formula is C26H24F2N8O2. The molecule has 12 heteroatoms. The number of nitrogens with two attached hydrogens (primary N) is 2. The molecule has 2 amide bonds. The van der Waals surface area contributed by atoms with Crippen molar-refractivity contribution >= 4 is 29.1 Å². The number of aromatic nitrogens is 4. The van der Waals surface area contributed by atoms with E-state index < -0.39 is 29.1 Å². The second kappa shape index (κ2) is 10.5. The summed E-state index contributed by atoms with van der Waals surface area (Å²) in [6.45, 7) is 5.28. The first-order chi connectivity index (χ1) is 18.0. The SMILES string of the molecule is Cc1cc(-c2ccncc2NC(=O)c2nc(-c3cc(C(=O)NC(C)C)ccc3F)c(F)cc2N)nc(N)n1. The van der Waals surface area contributed by atoms with Gasteiger partial charge in [0.25, 0.3) is 11.8 Å². The van der Waals surface area contributed by atoms with Gasteiger partial charge < -0.3 is 22.1 Å². The van der Waals surface area contributed by atoms with Gasteiger partial charge in [0, 0.05) is 40.7 Å². The van der Waals surface area contributed by atoms with Gasteiger partial charge in [-0.2, -0.15) is 0 Å². The Balaban J connectivity index is 1.72. The van der Waals surface area contributed by atoms with Crippen molar-refractivity contribution in [2.45, 2.75) is 26.8 Å². The van der Waals surface area contributed by atoms with Crippen LogP contribution in [0.15, 0.2) is 48.8 Å². The third-order valence-electron chi connectivity index (χ3n) is 5.34. The average molecular weight is 519 g/mol.